The molecule has 1 aromatic carbocycles. The molecule has 2 aromatic heterocycles. The number of nitrogens with zero attached hydrogens (tertiary/aromatic N) is 2. The van der Waals surface area contributed by atoms with Gasteiger partial charge in [-0.15, -0.1) is 0 Å². The number of nitrogen functional groups attached to an aromatic ring is 1. The molecule has 3 rings (SSSR count). The molecule has 0 radical (unpaired) electrons. The van der Waals surface area contributed by atoms with Gasteiger partial charge in [-0.25, -0.2) is 10.8 Å². The quantitative estimate of drug-likeness (QED) is 0.572. The number of aromatic nitrogens is 2. The molecule has 5 nitrogen and oxygen atoms in total. The Morgan fingerprint density at radius 1 is 1.30 bits per heavy atom. The van der Waals surface area contributed by atoms with Gasteiger partial charge in [0.2, 0.25) is 0 Å². The first-order valence-corrected chi connectivity index (χ1v) is 7.05. The Hall–Kier alpha value is -1.89. The summed E-state index contributed by atoms with van der Waals surface area (Å²) in [4.78, 5) is 9.38. The van der Waals surface area contributed by atoms with Gasteiger partial charge in [0.1, 0.15) is 17.9 Å². The van der Waals surface area contributed by atoms with E-state index in [9.17, 15) is 0 Å². The minimum absolute atomic E-state index is 0.409. The maximum atomic E-state index is 6.14. The fourth-order valence-electron chi connectivity index (χ4n) is 1.82. The van der Waals surface area contributed by atoms with Gasteiger partial charge in [0, 0.05) is 17.8 Å². The van der Waals surface area contributed by atoms with Crippen molar-refractivity contribution in [3.8, 4) is 5.75 Å². The Morgan fingerprint density at radius 3 is 3.00 bits per heavy atom. The number of nitrogens with one attached hydrogen (secondary N) is 1. The van der Waals surface area contributed by atoms with E-state index in [2.05, 4.69) is 15.4 Å². The number of thiazole rings is 1. The third-order valence-electron chi connectivity index (χ3n) is 2.73. The zero-order valence-electron chi connectivity index (χ0n) is 10.3. The van der Waals surface area contributed by atoms with Crippen molar-refractivity contribution in [3.63, 3.8) is 0 Å². The van der Waals surface area contributed by atoms with Crippen LogP contribution < -0.4 is 16.0 Å². The van der Waals surface area contributed by atoms with Crippen LogP contribution in [0.25, 0.3) is 10.9 Å². The van der Waals surface area contributed by atoms with E-state index < -0.39 is 0 Å². The Bertz CT molecular complexity index is 746. The van der Waals surface area contributed by atoms with Crippen LogP contribution in [-0.2, 0) is 6.61 Å². The Morgan fingerprint density at radius 2 is 2.20 bits per heavy atom. The smallest absolute Gasteiger partial charge is 0.197 e. The molecule has 102 valence electrons. The van der Waals surface area contributed by atoms with Gasteiger partial charge in [-0.3, -0.25) is 10.4 Å². The van der Waals surface area contributed by atoms with E-state index in [0.29, 0.717) is 22.5 Å². The maximum absolute atomic E-state index is 6.14. The zero-order valence-corrected chi connectivity index (χ0v) is 11.9. The fraction of sp³-hybridized carbons (Fsp3) is 0.0769. The molecule has 0 saturated carbocycles. The Balaban J connectivity index is 1.86. The highest BCUT2D eigenvalue weighted by molar-refractivity contribution is 7.15. The van der Waals surface area contributed by atoms with Crippen molar-refractivity contribution < 1.29 is 4.74 Å². The van der Waals surface area contributed by atoms with Crippen molar-refractivity contribution in [2.45, 2.75) is 6.61 Å². The van der Waals surface area contributed by atoms with Crippen LogP contribution >= 0.6 is 22.9 Å². The molecule has 3 aromatic rings. The number of hydrogen-bond acceptors (Lipinski definition) is 6. The van der Waals surface area contributed by atoms with Crippen molar-refractivity contribution in [2.24, 2.45) is 5.84 Å². The number of nitrogens with two attached hydrogens (primary N) is 1. The monoisotopic (exact) mass is 306 g/mol. The SMILES string of the molecule is NNc1ncc(COc2ccc(Cl)c3cccnc23)s1. The summed E-state index contributed by atoms with van der Waals surface area (Å²) in [6, 6.07) is 7.39. The summed E-state index contributed by atoms with van der Waals surface area (Å²) in [7, 11) is 0. The van der Waals surface area contributed by atoms with E-state index in [1.54, 1.807) is 18.5 Å². The average molecular weight is 307 g/mol. The molecule has 0 aliphatic rings. The van der Waals surface area contributed by atoms with Gasteiger partial charge >= 0.3 is 0 Å². The molecule has 0 bridgehead atoms. The second kappa shape index (κ2) is 5.62. The second-order valence-corrected chi connectivity index (χ2v) is 5.53. The summed E-state index contributed by atoms with van der Waals surface area (Å²) in [6.07, 6.45) is 3.44. The molecule has 0 amide bonds. The van der Waals surface area contributed by atoms with Gasteiger partial charge in [-0.1, -0.05) is 22.9 Å². The molecular weight excluding hydrogens is 296 g/mol. The van der Waals surface area contributed by atoms with E-state index in [4.69, 9.17) is 22.2 Å². The predicted molar refractivity (Wildman–Crippen MR) is 81.0 cm³/mol. The van der Waals surface area contributed by atoms with E-state index in [1.165, 1.54) is 11.3 Å². The third-order valence-corrected chi connectivity index (χ3v) is 3.96. The lowest BCUT2D eigenvalue weighted by Gasteiger charge is -2.08. The molecule has 20 heavy (non-hydrogen) atoms. The van der Waals surface area contributed by atoms with Gasteiger partial charge in [0.15, 0.2) is 5.13 Å². The number of benzene rings is 1. The van der Waals surface area contributed by atoms with E-state index in [-0.39, 0.29) is 0 Å². The number of ether oxygens (including phenoxy) is 1. The third kappa shape index (κ3) is 2.53. The van der Waals surface area contributed by atoms with Gasteiger partial charge in [0.05, 0.1) is 9.90 Å². The van der Waals surface area contributed by atoms with Crippen LogP contribution in [-0.4, -0.2) is 9.97 Å². The van der Waals surface area contributed by atoms with Crippen molar-refractivity contribution in [1.82, 2.24) is 9.97 Å². The maximum Gasteiger partial charge on any atom is 0.197 e. The number of fused-ring (bicyclic) bond motifs is 1. The minimum atomic E-state index is 0.409. The highest BCUT2D eigenvalue weighted by atomic mass is 35.5. The summed E-state index contributed by atoms with van der Waals surface area (Å²) in [5.41, 5.74) is 3.26. The molecule has 0 unspecified atom stereocenters. The summed E-state index contributed by atoms with van der Waals surface area (Å²) < 4.78 is 5.80. The van der Waals surface area contributed by atoms with E-state index in [0.717, 1.165) is 15.8 Å². The molecule has 7 heteroatoms. The first-order chi connectivity index (χ1) is 9.78. The normalized spacial score (nSPS) is 10.7. The van der Waals surface area contributed by atoms with Gasteiger partial charge in [-0.2, -0.15) is 0 Å². The topological polar surface area (TPSA) is 73.1 Å². The molecular formula is C13H11ClN4OS. The van der Waals surface area contributed by atoms with Crippen LogP contribution in [0, 0.1) is 0 Å². The zero-order chi connectivity index (χ0) is 13.9. The number of pyridine rings is 1. The molecule has 0 atom stereocenters. The highest BCUT2D eigenvalue weighted by Crippen LogP contribution is 2.30. The van der Waals surface area contributed by atoms with Crippen LogP contribution in [0.5, 0.6) is 5.75 Å². The van der Waals surface area contributed by atoms with Gasteiger partial charge < -0.3 is 4.74 Å². The summed E-state index contributed by atoms with van der Waals surface area (Å²) in [5.74, 6) is 5.99. The minimum Gasteiger partial charge on any atom is -0.486 e. The lowest BCUT2D eigenvalue weighted by Crippen LogP contribution is -2.05. The van der Waals surface area contributed by atoms with Crippen LogP contribution in [0.15, 0.2) is 36.7 Å². The van der Waals surface area contributed by atoms with Gasteiger partial charge in [0.25, 0.3) is 0 Å². The number of anilines is 1. The molecule has 2 heterocycles. The second-order valence-electron chi connectivity index (χ2n) is 4.01. The Kier molecular flexibility index (Phi) is 3.68. The van der Waals surface area contributed by atoms with Crippen molar-refractivity contribution in [2.75, 3.05) is 5.43 Å². The van der Waals surface area contributed by atoms with E-state index >= 15 is 0 Å². The van der Waals surface area contributed by atoms with Crippen LogP contribution in [0.3, 0.4) is 0 Å². The summed E-state index contributed by atoms with van der Waals surface area (Å²) >= 11 is 7.58. The largest absolute Gasteiger partial charge is 0.486 e. The van der Waals surface area contributed by atoms with Crippen molar-refractivity contribution >= 4 is 39.0 Å². The van der Waals surface area contributed by atoms with Crippen LogP contribution in [0.2, 0.25) is 5.02 Å². The number of halogens is 1. The van der Waals surface area contributed by atoms with Crippen LogP contribution in [0.4, 0.5) is 5.13 Å². The van der Waals surface area contributed by atoms with Crippen molar-refractivity contribution in [1.29, 1.82) is 0 Å². The number of hydrogen-bond donors (Lipinski definition) is 2. The van der Waals surface area contributed by atoms with E-state index in [1.807, 2.05) is 18.2 Å². The standard InChI is InChI=1S/C13H11ClN4OS/c14-10-3-4-11(12-9(10)2-1-5-16-12)19-7-8-6-17-13(18-15)20-8/h1-6H,7,15H2,(H,17,18). The summed E-state index contributed by atoms with van der Waals surface area (Å²) in [5, 5.41) is 2.19. The van der Waals surface area contributed by atoms with Crippen LogP contribution in [0.1, 0.15) is 4.88 Å². The molecule has 0 spiro atoms. The van der Waals surface area contributed by atoms with Gasteiger partial charge in [-0.05, 0) is 24.3 Å². The molecule has 0 fully saturated rings. The average Bonchev–Trinajstić information content (AvgIpc) is 2.95. The lowest BCUT2D eigenvalue weighted by molar-refractivity contribution is 0.313. The predicted octanol–water partition coefficient (Wildman–Crippen LogP) is 3.21. The first-order valence-electron chi connectivity index (χ1n) is 5.85. The molecule has 0 saturated heterocycles. The van der Waals surface area contributed by atoms with Crippen molar-refractivity contribution in [3.05, 3.63) is 46.6 Å². The highest BCUT2D eigenvalue weighted by Gasteiger charge is 2.08. The molecule has 3 N–H and O–H groups in total. The first kappa shape index (κ1) is 13.1. The number of rotatable bonds is 4. The fourth-order valence-corrected chi connectivity index (χ4v) is 2.67. The Labute approximate surface area is 124 Å². The summed E-state index contributed by atoms with van der Waals surface area (Å²) in [6.45, 7) is 0.409. The lowest BCUT2D eigenvalue weighted by atomic mass is 10.2. The molecule has 0 aliphatic carbocycles. The molecule has 0 aliphatic heterocycles. The number of hydrazine groups is 1.